The molecule has 150 valence electrons. The number of carbonyl (C=O) groups excluding carboxylic acids is 1. The van der Waals surface area contributed by atoms with Crippen LogP contribution >= 0.6 is 7.82 Å². The molecule has 10 nitrogen and oxygen atoms in total. The molecule has 0 aliphatic heterocycles. The minimum atomic E-state index is -4.09. The summed E-state index contributed by atoms with van der Waals surface area (Å²) < 4.78 is 35.8. The molecule has 1 aromatic rings. The number of rotatable bonds is 9. The van der Waals surface area contributed by atoms with Crippen molar-refractivity contribution < 1.29 is 27.7 Å². The van der Waals surface area contributed by atoms with E-state index in [2.05, 4.69) is 15.5 Å². The highest BCUT2D eigenvalue weighted by atomic mass is 31.2. The molecule has 0 radical (unpaired) electrons. The largest absolute Gasteiger partial charge is 0.476 e. The zero-order valence-electron chi connectivity index (χ0n) is 16.6. The second-order valence-corrected chi connectivity index (χ2v) is 8.64. The molecule has 0 N–H and O–H groups in total. The van der Waals surface area contributed by atoms with Gasteiger partial charge in [0.1, 0.15) is 0 Å². The topological polar surface area (TPSA) is 115 Å². The first-order valence-electron chi connectivity index (χ1n) is 8.50. The predicted molar refractivity (Wildman–Crippen MR) is 93.3 cm³/mol. The van der Waals surface area contributed by atoms with Crippen molar-refractivity contribution in [2.45, 2.75) is 79.2 Å². The Bertz CT molecular complexity index is 626. The first-order valence-corrected chi connectivity index (χ1v) is 9.96. The van der Waals surface area contributed by atoms with Crippen molar-refractivity contribution in [3.8, 4) is 0 Å². The maximum absolute atomic E-state index is 13.1. The van der Waals surface area contributed by atoms with Crippen molar-refractivity contribution in [3.05, 3.63) is 5.82 Å². The molecule has 0 aromatic carbocycles. The van der Waals surface area contributed by atoms with Gasteiger partial charge in [-0.05, 0) is 65.8 Å². The number of phosphoric ester groups is 1. The number of ether oxygens (including phenoxy) is 1. The Hall–Kier alpha value is -1.35. The molecule has 0 spiro atoms. The van der Waals surface area contributed by atoms with Gasteiger partial charge in [-0.1, -0.05) is 0 Å². The number of hydrogen-bond acceptors (Lipinski definition) is 9. The number of nitrogens with zero attached hydrogens (tertiary/aromatic N) is 4. The number of esters is 1. The lowest BCUT2D eigenvalue weighted by molar-refractivity contribution is -0.154. The van der Waals surface area contributed by atoms with Crippen LogP contribution in [-0.4, -0.2) is 45.0 Å². The van der Waals surface area contributed by atoms with Gasteiger partial charge in [0.05, 0.1) is 24.4 Å². The van der Waals surface area contributed by atoms with Gasteiger partial charge in [-0.15, -0.1) is 5.10 Å². The molecule has 0 saturated carbocycles. The fourth-order valence-corrected chi connectivity index (χ4v) is 3.59. The Morgan fingerprint density at radius 3 is 2.08 bits per heavy atom. The van der Waals surface area contributed by atoms with Gasteiger partial charge in [0.2, 0.25) is 6.10 Å². The number of hydrogen-bond donors (Lipinski definition) is 0. The average Bonchev–Trinajstić information content (AvgIpc) is 2.92. The second kappa shape index (κ2) is 9.03. The number of tetrazole rings is 1. The van der Waals surface area contributed by atoms with Gasteiger partial charge in [0.25, 0.3) is 0 Å². The van der Waals surface area contributed by atoms with E-state index < -0.39 is 37.6 Å². The zero-order chi connectivity index (χ0) is 20.1. The van der Waals surface area contributed by atoms with E-state index in [1.807, 2.05) is 20.8 Å². The highest BCUT2D eigenvalue weighted by molar-refractivity contribution is 7.48. The van der Waals surface area contributed by atoms with E-state index in [0.717, 1.165) is 0 Å². The summed E-state index contributed by atoms with van der Waals surface area (Å²) in [5.41, 5.74) is -0.547. The van der Waals surface area contributed by atoms with Crippen molar-refractivity contribution in [3.63, 3.8) is 0 Å². The van der Waals surface area contributed by atoms with Gasteiger partial charge in [-0.25, -0.2) is 14.0 Å². The molecule has 0 bridgehead atoms. The van der Waals surface area contributed by atoms with Crippen LogP contribution in [0, 0.1) is 0 Å². The van der Waals surface area contributed by atoms with Crippen LogP contribution in [0.15, 0.2) is 0 Å². The molecule has 1 unspecified atom stereocenters. The molecule has 0 aliphatic carbocycles. The van der Waals surface area contributed by atoms with Crippen LogP contribution in [-0.2, 0) is 33.2 Å². The van der Waals surface area contributed by atoms with Crippen LogP contribution in [0.1, 0.15) is 67.3 Å². The summed E-state index contributed by atoms with van der Waals surface area (Å²) in [7, 11) is -4.09. The summed E-state index contributed by atoms with van der Waals surface area (Å²) in [6.45, 7) is 14.0. The molecule has 0 saturated heterocycles. The Morgan fingerprint density at radius 2 is 1.65 bits per heavy atom. The summed E-state index contributed by atoms with van der Waals surface area (Å²) in [5, 5.41) is 11.4. The van der Waals surface area contributed by atoms with Gasteiger partial charge in [-0.3, -0.25) is 13.6 Å². The van der Waals surface area contributed by atoms with Crippen LogP contribution in [0.2, 0.25) is 0 Å². The lowest BCUT2D eigenvalue weighted by Gasteiger charge is -2.27. The summed E-state index contributed by atoms with van der Waals surface area (Å²) in [5.74, 6) is -0.733. The summed E-state index contributed by atoms with van der Waals surface area (Å²) in [4.78, 5) is 12.5. The van der Waals surface area contributed by atoms with E-state index in [0.29, 0.717) is 0 Å². The van der Waals surface area contributed by atoms with Gasteiger partial charge in [0.15, 0.2) is 5.82 Å². The van der Waals surface area contributed by atoms with Crippen molar-refractivity contribution in [2.75, 3.05) is 6.61 Å². The van der Waals surface area contributed by atoms with Crippen LogP contribution in [0.4, 0.5) is 0 Å². The molecular formula is C15H29N4O6P. The van der Waals surface area contributed by atoms with Crippen molar-refractivity contribution >= 4 is 13.8 Å². The van der Waals surface area contributed by atoms with E-state index in [-0.39, 0.29) is 12.4 Å². The van der Waals surface area contributed by atoms with Crippen LogP contribution in [0.3, 0.4) is 0 Å². The summed E-state index contributed by atoms with van der Waals surface area (Å²) in [6.07, 6.45) is -2.38. The Balaban J connectivity index is 3.32. The van der Waals surface area contributed by atoms with Gasteiger partial charge in [0, 0.05) is 0 Å². The number of carbonyl (C=O) groups is 1. The number of phosphoric acid groups is 1. The van der Waals surface area contributed by atoms with Crippen molar-refractivity contribution in [1.29, 1.82) is 0 Å². The quantitative estimate of drug-likeness (QED) is 0.462. The average molecular weight is 392 g/mol. The maximum Gasteiger partial charge on any atom is 0.476 e. The highest BCUT2D eigenvalue weighted by Gasteiger charge is 2.41. The smallest absolute Gasteiger partial charge is 0.464 e. The lowest BCUT2D eigenvalue weighted by Crippen LogP contribution is -2.31. The summed E-state index contributed by atoms with van der Waals surface area (Å²) >= 11 is 0. The van der Waals surface area contributed by atoms with E-state index in [4.69, 9.17) is 18.3 Å². The predicted octanol–water partition coefficient (Wildman–Crippen LogP) is 3.01. The third-order valence-electron chi connectivity index (χ3n) is 2.78. The van der Waals surface area contributed by atoms with Crippen LogP contribution in [0.5, 0.6) is 0 Å². The van der Waals surface area contributed by atoms with Crippen molar-refractivity contribution in [2.24, 2.45) is 0 Å². The van der Waals surface area contributed by atoms with Crippen LogP contribution < -0.4 is 0 Å². The first kappa shape index (κ1) is 22.7. The van der Waals surface area contributed by atoms with Crippen molar-refractivity contribution in [1.82, 2.24) is 20.2 Å². The Kier molecular flexibility index (Phi) is 7.88. The minimum Gasteiger partial charge on any atom is -0.464 e. The first-order chi connectivity index (χ1) is 11.9. The third kappa shape index (κ3) is 6.42. The molecule has 1 aromatic heterocycles. The fourth-order valence-electron chi connectivity index (χ4n) is 1.97. The molecular weight excluding hydrogens is 363 g/mol. The fraction of sp³-hybridized carbons (Fsp3) is 0.867. The minimum absolute atomic E-state index is 0.0517. The molecule has 1 atom stereocenters. The zero-order valence-corrected chi connectivity index (χ0v) is 17.5. The molecule has 0 fully saturated rings. The van der Waals surface area contributed by atoms with Gasteiger partial charge < -0.3 is 4.74 Å². The standard InChI is InChI=1S/C15H29N4O6P/c1-9-22-14(20)12(13-16-17-18-19(13)15(6,7)8)25-26(21,23-10(2)3)24-11(4)5/h10-12H,9H2,1-8H3. The summed E-state index contributed by atoms with van der Waals surface area (Å²) in [6, 6.07) is 0. The second-order valence-electron chi connectivity index (χ2n) is 7.11. The van der Waals surface area contributed by atoms with Crippen LogP contribution in [0.25, 0.3) is 0 Å². The van der Waals surface area contributed by atoms with E-state index in [1.165, 1.54) is 4.68 Å². The van der Waals surface area contributed by atoms with Gasteiger partial charge in [-0.2, -0.15) is 0 Å². The Labute approximate surface area is 154 Å². The monoisotopic (exact) mass is 392 g/mol. The highest BCUT2D eigenvalue weighted by Crippen LogP contribution is 2.55. The molecule has 0 aliphatic rings. The van der Waals surface area contributed by atoms with E-state index in [9.17, 15) is 9.36 Å². The third-order valence-corrected chi connectivity index (χ3v) is 4.61. The normalized spacial score (nSPS) is 14.1. The molecule has 1 heterocycles. The lowest BCUT2D eigenvalue weighted by atomic mass is 10.1. The van der Waals surface area contributed by atoms with E-state index in [1.54, 1.807) is 34.6 Å². The molecule has 1 rings (SSSR count). The Morgan fingerprint density at radius 1 is 1.12 bits per heavy atom. The molecule has 11 heteroatoms. The van der Waals surface area contributed by atoms with E-state index >= 15 is 0 Å². The number of aromatic nitrogens is 4. The SMILES string of the molecule is CCOC(=O)C(OP(=O)(OC(C)C)OC(C)C)c1nnnn1C(C)(C)C. The molecule has 26 heavy (non-hydrogen) atoms. The molecule has 0 amide bonds. The maximum atomic E-state index is 13.1. The van der Waals surface area contributed by atoms with Gasteiger partial charge >= 0.3 is 13.8 Å².